The molecule has 0 fully saturated rings. The van der Waals surface area contributed by atoms with E-state index < -0.39 is 0 Å². The minimum atomic E-state index is -0.261. The third kappa shape index (κ3) is 8.69. The summed E-state index contributed by atoms with van der Waals surface area (Å²) in [6, 6.07) is 14.1. The first kappa shape index (κ1) is 23.9. The van der Waals surface area contributed by atoms with Crippen LogP contribution in [0.4, 0.5) is 10.1 Å². The van der Waals surface area contributed by atoms with Gasteiger partial charge in [0.1, 0.15) is 5.82 Å². The first-order valence-corrected chi connectivity index (χ1v) is 9.26. The molecule has 0 aliphatic heterocycles. The third-order valence-electron chi connectivity index (χ3n) is 3.80. The normalized spacial score (nSPS) is 10.8. The van der Waals surface area contributed by atoms with Gasteiger partial charge in [-0.2, -0.15) is 0 Å². The second-order valence-corrected chi connectivity index (χ2v) is 6.18. The van der Waals surface area contributed by atoms with Crippen molar-refractivity contribution in [3.8, 4) is 0 Å². The number of carbonyl (C=O) groups excluding carboxylic acids is 1. The van der Waals surface area contributed by atoms with Crippen LogP contribution in [0.3, 0.4) is 0 Å². The maximum absolute atomic E-state index is 13.3. The molecule has 28 heavy (non-hydrogen) atoms. The number of rotatable bonds is 8. The summed E-state index contributed by atoms with van der Waals surface area (Å²) in [5, 5.41) is 9.34. The van der Waals surface area contributed by atoms with Crippen LogP contribution in [0, 0.1) is 5.82 Å². The highest BCUT2D eigenvalue weighted by Crippen LogP contribution is 2.11. The Hall–Kier alpha value is -2.16. The molecule has 0 aromatic heterocycles. The lowest BCUT2D eigenvalue weighted by Gasteiger charge is -2.12. The molecule has 0 saturated heterocycles. The van der Waals surface area contributed by atoms with E-state index in [4.69, 9.17) is 0 Å². The Kier molecular flexibility index (Phi) is 11.2. The first-order valence-electron chi connectivity index (χ1n) is 9.26. The van der Waals surface area contributed by atoms with Crippen molar-refractivity contribution in [3.63, 3.8) is 0 Å². The van der Waals surface area contributed by atoms with Gasteiger partial charge < -0.3 is 16.0 Å². The zero-order valence-electron chi connectivity index (χ0n) is 16.3. The van der Waals surface area contributed by atoms with Gasteiger partial charge in [0.05, 0.1) is 6.54 Å². The topological polar surface area (TPSA) is 65.5 Å². The molecular weight excluding hydrogens is 470 g/mol. The van der Waals surface area contributed by atoms with Gasteiger partial charge in [0.2, 0.25) is 5.91 Å². The lowest BCUT2D eigenvalue weighted by atomic mass is 10.2. The summed E-state index contributed by atoms with van der Waals surface area (Å²) >= 11 is 0. The number of nitrogens with zero attached hydrogens (tertiary/aromatic N) is 1. The molecule has 0 aliphatic rings. The van der Waals surface area contributed by atoms with Gasteiger partial charge >= 0.3 is 0 Å². The smallest absolute Gasteiger partial charge is 0.224 e. The van der Waals surface area contributed by atoms with E-state index in [0.29, 0.717) is 25.5 Å². The molecule has 3 N–H and O–H groups in total. The van der Waals surface area contributed by atoms with Crippen molar-refractivity contribution in [3.05, 3.63) is 65.5 Å². The minimum absolute atomic E-state index is 0. The average molecular weight is 498 g/mol. The number of guanidine groups is 1. The molecule has 0 heterocycles. The van der Waals surface area contributed by atoms with Gasteiger partial charge in [0, 0.05) is 25.2 Å². The van der Waals surface area contributed by atoms with Crippen molar-refractivity contribution in [1.29, 1.82) is 0 Å². The highest BCUT2D eigenvalue weighted by Gasteiger charge is 2.03. The highest BCUT2D eigenvalue weighted by atomic mass is 127. The van der Waals surface area contributed by atoms with Crippen LogP contribution in [0.5, 0.6) is 0 Å². The highest BCUT2D eigenvalue weighted by molar-refractivity contribution is 14.0. The Bertz CT molecular complexity index is 783. The van der Waals surface area contributed by atoms with Crippen LogP contribution in [0.15, 0.2) is 53.5 Å². The van der Waals surface area contributed by atoms with Crippen LogP contribution in [0.25, 0.3) is 0 Å². The molecule has 0 aliphatic carbocycles. The number of hydrogen-bond donors (Lipinski definition) is 3. The van der Waals surface area contributed by atoms with Crippen molar-refractivity contribution in [2.75, 3.05) is 11.9 Å². The Morgan fingerprint density at radius 2 is 1.79 bits per heavy atom. The third-order valence-corrected chi connectivity index (χ3v) is 3.80. The number of amides is 1. The van der Waals surface area contributed by atoms with Crippen molar-refractivity contribution < 1.29 is 9.18 Å². The number of hydrogen-bond acceptors (Lipinski definition) is 2. The van der Waals surface area contributed by atoms with Gasteiger partial charge in [-0.1, -0.05) is 31.2 Å². The Balaban J connectivity index is 0.00000392. The Labute approximate surface area is 183 Å². The van der Waals surface area contributed by atoms with Gasteiger partial charge in [-0.05, 0) is 48.7 Å². The van der Waals surface area contributed by atoms with E-state index in [-0.39, 0.29) is 35.7 Å². The molecule has 0 atom stereocenters. The summed E-state index contributed by atoms with van der Waals surface area (Å²) in [5.74, 6) is 0.414. The monoisotopic (exact) mass is 498 g/mol. The number of halogens is 2. The summed E-state index contributed by atoms with van der Waals surface area (Å²) in [4.78, 5) is 16.2. The van der Waals surface area contributed by atoms with Gasteiger partial charge in [-0.15, -0.1) is 24.0 Å². The van der Waals surface area contributed by atoms with Gasteiger partial charge in [-0.25, -0.2) is 9.38 Å². The molecule has 0 bridgehead atoms. The van der Waals surface area contributed by atoms with E-state index >= 15 is 0 Å². The van der Waals surface area contributed by atoms with Crippen molar-refractivity contribution in [2.24, 2.45) is 4.99 Å². The van der Waals surface area contributed by atoms with Gasteiger partial charge in [0.15, 0.2) is 5.96 Å². The number of aliphatic imine (C=N–C) groups is 1. The number of nitrogens with one attached hydrogen (secondary N) is 3. The van der Waals surface area contributed by atoms with Crippen molar-refractivity contribution >= 4 is 41.5 Å². The number of anilines is 1. The van der Waals surface area contributed by atoms with Crippen LogP contribution >= 0.6 is 24.0 Å². The molecule has 2 aromatic carbocycles. The molecule has 2 rings (SSSR count). The van der Waals surface area contributed by atoms with E-state index in [1.54, 1.807) is 6.07 Å². The quantitative estimate of drug-likeness (QED) is 0.287. The molecule has 5 nitrogen and oxygen atoms in total. The van der Waals surface area contributed by atoms with Crippen molar-refractivity contribution in [2.45, 2.75) is 39.8 Å². The Morgan fingerprint density at radius 1 is 1.04 bits per heavy atom. The standard InChI is InChI=1S/C21H27FN4O.HI/c1-3-7-20(27)26-19-11-6-9-17(13-19)15-25-21(23-4-2)24-14-16-8-5-10-18(22)12-16;/h5-6,8-13H,3-4,7,14-15H2,1-2H3,(H,26,27)(H2,23,24,25);1H. The van der Waals surface area contributed by atoms with E-state index in [2.05, 4.69) is 20.9 Å². The van der Waals surface area contributed by atoms with E-state index in [9.17, 15) is 9.18 Å². The fourth-order valence-corrected chi connectivity index (χ4v) is 2.54. The largest absolute Gasteiger partial charge is 0.357 e. The SMILES string of the molecule is CCCC(=O)Nc1cccc(CNC(=NCc2cccc(F)c2)NCC)c1.I. The molecular formula is C21H28FIN4O. The van der Waals surface area contributed by atoms with Gasteiger partial charge in [-0.3, -0.25) is 4.79 Å². The summed E-state index contributed by atoms with van der Waals surface area (Å²) in [6.45, 7) is 5.64. The predicted octanol–water partition coefficient (Wildman–Crippen LogP) is 4.44. The average Bonchev–Trinajstić information content (AvgIpc) is 2.64. The molecule has 1 amide bonds. The van der Waals surface area contributed by atoms with Gasteiger partial charge in [0.25, 0.3) is 0 Å². The molecule has 7 heteroatoms. The van der Waals surface area contributed by atoms with Crippen LogP contribution in [-0.2, 0) is 17.9 Å². The summed E-state index contributed by atoms with van der Waals surface area (Å²) < 4.78 is 13.3. The second kappa shape index (κ2) is 13.1. The summed E-state index contributed by atoms with van der Waals surface area (Å²) in [5.41, 5.74) is 2.63. The predicted molar refractivity (Wildman–Crippen MR) is 123 cm³/mol. The second-order valence-electron chi connectivity index (χ2n) is 6.18. The van der Waals surface area contributed by atoms with Crippen LogP contribution < -0.4 is 16.0 Å². The zero-order valence-corrected chi connectivity index (χ0v) is 18.6. The molecule has 2 aromatic rings. The zero-order chi connectivity index (χ0) is 19.5. The fourth-order valence-electron chi connectivity index (χ4n) is 2.54. The summed E-state index contributed by atoms with van der Waals surface area (Å²) in [6.07, 6.45) is 1.33. The van der Waals surface area contributed by atoms with E-state index in [0.717, 1.165) is 29.8 Å². The fraction of sp³-hybridized carbons (Fsp3) is 0.333. The lowest BCUT2D eigenvalue weighted by Crippen LogP contribution is -2.36. The molecule has 0 spiro atoms. The van der Waals surface area contributed by atoms with E-state index in [1.807, 2.05) is 44.2 Å². The summed E-state index contributed by atoms with van der Waals surface area (Å²) in [7, 11) is 0. The van der Waals surface area contributed by atoms with Crippen molar-refractivity contribution in [1.82, 2.24) is 10.6 Å². The molecule has 152 valence electrons. The van der Waals surface area contributed by atoms with E-state index in [1.165, 1.54) is 12.1 Å². The molecule has 0 saturated carbocycles. The minimum Gasteiger partial charge on any atom is -0.357 e. The van der Waals surface area contributed by atoms with Crippen LogP contribution in [-0.4, -0.2) is 18.4 Å². The number of carbonyl (C=O) groups is 1. The molecule has 0 unspecified atom stereocenters. The maximum Gasteiger partial charge on any atom is 0.224 e. The first-order chi connectivity index (χ1) is 13.1. The van der Waals surface area contributed by atoms with Crippen LogP contribution in [0.1, 0.15) is 37.8 Å². The maximum atomic E-state index is 13.3. The Morgan fingerprint density at radius 3 is 2.50 bits per heavy atom. The molecule has 0 radical (unpaired) electrons. The van der Waals surface area contributed by atoms with Crippen LogP contribution in [0.2, 0.25) is 0 Å². The number of benzene rings is 2. The lowest BCUT2D eigenvalue weighted by molar-refractivity contribution is -0.116.